The first kappa shape index (κ1) is 14.4. The fraction of sp³-hybridized carbons (Fsp3) is 0.278. The molecule has 0 bridgehead atoms. The number of ether oxygens (including phenoxy) is 1. The van der Waals surface area contributed by atoms with E-state index in [1.807, 2.05) is 30.3 Å². The molecule has 0 amide bonds. The molecule has 22 heavy (non-hydrogen) atoms. The van der Waals surface area contributed by atoms with Crippen LogP contribution in [-0.4, -0.2) is 19.7 Å². The average Bonchev–Trinajstić information content (AvgIpc) is 2.50. The van der Waals surface area contributed by atoms with Gasteiger partial charge in [0, 0.05) is 35.7 Å². The Labute approximate surface area is 130 Å². The molecule has 0 aromatic heterocycles. The lowest BCUT2D eigenvalue weighted by atomic mass is 10.2. The van der Waals surface area contributed by atoms with Crippen LogP contribution in [0.2, 0.25) is 0 Å². The van der Waals surface area contributed by atoms with E-state index >= 15 is 0 Å². The summed E-state index contributed by atoms with van der Waals surface area (Å²) in [4.78, 5) is 7.02. The monoisotopic (exact) mass is 295 g/mol. The molecule has 0 saturated heterocycles. The van der Waals surface area contributed by atoms with Crippen LogP contribution in [-0.2, 0) is 0 Å². The summed E-state index contributed by atoms with van der Waals surface area (Å²) < 4.78 is 5.89. The van der Waals surface area contributed by atoms with Gasteiger partial charge in [-0.05, 0) is 50.3 Å². The molecule has 0 atom stereocenters. The van der Waals surface area contributed by atoms with Crippen LogP contribution in [0.1, 0.15) is 13.8 Å². The van der Waals surface area contributed by atoms with Crippen molar-refractivity contribution < 1.29 is 4.74 Å². The molecule has 0 radical (unpaired) electrons. The Morgan fingerprint density at radius 2 is 1.95 bits per heavy atom. The lowest BCUT2D eigenvalue weighted by Gasteiger charge is -2.22. The Bertz CT molecular complexity index is 794. The zero-order valence-electron chi connectivity index (χ0n) is 13.0. The van der Waals surface area contributed by atoms with E-state index in [9.17, 15) is 0 Å². The summed E-state index contributed by atoms with van der Waals surface area (Å²) in [6, 6.07) is 12.0. The maximum absolute atomic E-state index is 5.89. The number of rotatable bonds is 3. The third kappa shape index (κ3) is 2.77. The number of nitrogen functional groups attached to an aromatic ring is 1. The largest absolute Gasteiger partial charge is 0.487 e. The van der Waals surface area contributed by atoms with Crippen molar-refractivity contribution in [2.45, 2.75) is 13.8 Å². The Balaban J connectivity index is 2.10. The van der Waals surface area contributed by atoms with Crippen LogP contribution in [0.4, 0.5) is 17.1 Å². The molecule has 114 valence electrons. The molecule has 2 aromatic carbocycles. The summed E-state index contributed by atoms with van der Waals surface area (Å²) >= 11 is 0. The van der Waals surface area contributed by atoms with E-state index in [1.165, 1.54) is 0 Å². The topological polar surface area (TPSA) is 50.9 Å². The molecule has 3 rings (SSSR count). The van der Waals surface area contributed by atoms with Crippen LogP contribution in [0.25, 0.3) is 6.08 Å². The second kappa shape index (κ2) is 6.10. The highest BCUT2D eigenvalue weighted by Crippen LogP contribution is 2.32. The quantitative estimate of drug-likeness (QED) is 0.884. The smallest absolute Gasteiger partial charge is 0.147 e. The standard InChI is InChI=1S/C18H21N3O/c1-3-21(4-2)15-6-8-17-18(12-15)22-10-9-13-11-14(19)5-7-16(13)20-17/h5-9,11-12H,3-4,10,19H2,1-2H3/b13-9+,20-16?. The highest BCUT2D eigenvalue weighted by Gasteiger charge is 2.09. The number of hydrogen-bond donors (Lipinski definition) is 1. The minimum atomic E-state index is 0.515. The van der Waals surface area contributed by atoms with Gasteiger partial charge in [-0.1, -0.05) is 0 Å². The van der Waals surface area contributed by atoms with Crippen LogP contribution in [0.5, 0.6) is 5.75 Å². The molecule has 0 unspecified atom stereocenters. The molecular formula is C18H21N3O. The molecule has 0 fully saturated rings. The maximum atomic E-state index is 5.89. The molecule has 1 heterocycles. The maximum Gasteiger partial charge on any atom is 0.147 e. The van der Waals surface area contributed by atoms with E-state index in [1.54, 1.807) is 0 Å². The predicted molar refractivity (Wildman–Crippen MR) is 91.3 cm³/mol. The minimum Gasteiger partial charge on any atom is -0.487 e. The summed E-state index contributed by atoms with van der Waals surface area (Å²) in [5.74, 6) is 0.822. The number of nitrogens with two attached hydrogens (primary N) is 1. The van der Waals surface area contributed by atoms with E-state index in [0.717, 1.165) is 46.5 Å². The number of hydrogen-bond acceptors (Lipinski definition) is 4. The van der Waals surface area contributed by atoms with Gasteiger partial charge in [-0.2, -0.15) is 0 Å². The molecule has 4 nitrogen and oxygen atoms in total. The normalized spacial score (nSPS) is 14.2. The Morgan fingerprint density at radius 3 is 2.73 bits per heavy atom. The first-order chi connectivity index (χ1) is 10.7. The first-order valence-corrected chi connectivity index (χ1v) is 7.67. The lowest BCUT2D eigenvalue weighted by molar-refractivity contribution is 0.374. The number of benzene rings is 2. The fourth-order valence-electron chi connectivity index (χ4n) is 2.69. The van der Waals surface area contributed by atoms with E-state index in [2.05, 4.69) is 30.9 Å². The van der Waals surface area contributed by atoms with Gasteiger partial charge >= 0.3 is 0 Å². The highest BCUT2D eigenvalue weighted by molar-refractivity contribution is 5.62. The van der Waals surface area contributed by atoms with Crippen LogP contribution < -0.4 is 25.9 Å². The fourth-order valence-corrected chi connectivity index (χ4v) is 2.69. The van der Waals surface area contributed by atoms with Gasteiger partial charge in [0.05, 0.1) is 5.36 Å². The second-order valence-electron chi connectivity index (χ2n) is 5.27. The van der Waals surface area contributed by atoms with Crippen molar-refractivity contribution in [2.24, 2.45) is 4.99 Å². The Morgan fingerprint density at radius 1 is 1.14 bits per heavy atom. The molecule has 1 aliphatic rings. The zero-order valence-corrected chi connectivity index (χ0v) is 13.0. The van der Waals surface area contributed by atoms with Crippen molar-refractivity contribution in [2.75, 3.05) is 30.3 Å². The summed E-state index contributed by atoms with van der Waals surface area (Å²) in [5.41, 5.74) is 8.60. The van der Waals surface area contributed by atoms with Crippen molar-refractivity contribution in [1.29, 1.82) is 0 Å². The number of fused-ring (bicyclic) bond motifs is 2. The van der Waals surface area contributed by atoms with Crippen LogP contribution in [0.15, 0.2) is 41.4 Å². The molecule has 0 spiro atoms. The zero-order chi connectivity index (χ0) is 15.5. The molecule has 2 aromatic rings. The minimum absolute atomic E-state index is 0.515. The van der Waals surface area contributed by atoms with Crippen molar-refractivity contribution in [3.05, 3.63) is 47.0 Å². The average molecular weight is 295 g/mol. The third-order valence-corrected chi connectivity index (χ3v) is 3.91. The summed E-state index contributed by atoms with van der Waals surface area (Å²) in [6.45, 7) is 6.77. The molecule has 0 saturated carbocycles. The first-order valence-electron chi connectivity index (χ1n) is 7.67. The van der Waals surface area contributed by atoms with Gasteiger partial charge in [0.25, 0.3) is 0 Å². The summed E-state index contributed by atoms with van der Waals surface area (Å²) in [5, 5.41) is 1.94. The third-order valence-electron chi connectivity index (χ3n) is 3.91. The molecule has 0 aliphatic carbocycles. The molecule has 4 heteroatoms. The lowest BCUT2D eigenvalue weighted by Crippen LogP contribution is -2.27. The van der Waals surface area contributed by atoms with Gasteiger partial charge in [-0.15, -0.1) is 0 Å². The molecular weight excluding hydrogens is 274 g/mol. The van der Waals surface area contributed by atoms with Gasteiger partial charge in [-0.3, -0.25) is 0 Å². The molecule has 1 aliphatic heterocycles. The van der Waals surface area contributed by atoms with Crippen LogP contribution in [0, 0.1) is 0 Å². The Kier molecular flexibility index (Phi) is 4.00. The second-order valence-corrected chi connectivity index (χ2v) is 5.27. The van der Waals surface area contributed by atoms with E-state index in [0.29, 0.717) is 6.61 Å². The SMILES string of the molecule is CCN(CC)c1ccc2c(c1)OC/C=c1\cc(N)ccc1=N2. The van der Waals surface area contributed by atoms with Crippen LogP contribution >= 0.6 is 0 Å². The van der Waals surface area contributed by atoms with Gasteiger partial charge in [0.15, 0.2) is 0 Å². The summed E-state index contributed by atoms with van der Waals surface area (Å²) in [6.07, 6.45) is 2.02. The van der Waals surface area contributed by atoms with Crippen molar-refractivity contribution >= 4 is 23.1 Å². The predicted octanol–water partition coefficient (Wildman–Crippen LogP) is 2.24. The molecule has 2 N–H and O–H groups in total. The van der Waals surface area contributed by atoms with Crippen molar-refractivity contribution in [1.82, 2.24) is 0 Å². The Hall–Kier alpha value is -2.49. The van der Waals surface area contributed by atoms with Gasteiger partial charge in [-0.25, -0.2) is 4.99 Å². The van der Waals surface area contributed by atoms with Crippen LogP contribution in [0.3, 0.4) is 0 Å². The van der Waals surface area contributed by atoms with Gasteiger partial charge in [0.1, 0.15) is 18.0 Å². The van der Waals surface area contributed by atoms with E-state index < -0.39 is 0 Å². The van der Waals surface area contributed by atoms with Crippen molar-refractivity contribution in [3.63, 3.8) is 0 Å². The number of anilines is 2. The van der Waals surface area contributed by atoms with Gasteiger partial charge < -0.3 is 15.4 Å². The van der Waals surface area contributed by atoms with Crippen molar-refractivity contribution in [3.8, 4) is 5.75 Å². The van der Waals surface area contributed by atoms with Gasteiger partial charge in [0.2, 0.25) is 0 Å². The number of nitrogens with zero attached hydrogens (tertiary/aromatic N) is 2. The highest BCUT2D eigenvalue weighted by atomic mass is 16.5. The summed E-state index contributed by atoms with van der Waals surface area (Å²) in [7, 11) is 0. The van der Waals surface area contributed by atoms with E-state index in [4.69, 9.17) is 15.5 Å². The van der Waals surface area contributed by atoms with E-state index in [-0.39, 0.29) is 0 Å².